The van der Waals surface area contributed by atoms with Crippen LogP contribution < -0.4 is 5.32 Å². The summed E-state index contributed by atoms with van der Waals surface area (Å²) in [6.45, 7) is 2.42. The smallest absolute Gasteiger partial charge is 0.216 e. The molecule has 2 aliphatic heterocycles. The molecule has 1 fully saturated rings. The van der Waals surface area contributed by atoms with E-state index in [0.29, 0.717) is 19.6 Å². The molecule has 0 radical (unpaired) electrons. The minimum atomic E-state index is -3.21. The minimum Gasteiger partial charge on any atom is -0.315 e. The second kappa shape index (κ2) is 5.18. The van der Waals surface area contributed by atoms with Crippen LogP contribution in [-0.4, -0.2) is 52.4 Å². The second-order valence-corrected chi connectivity index (χ2v) is 7.21. The first-order valence-corrected chi connectivity index (χ1v) is 8.34. The fourth-order valence-electron chi connectivity index (χ4n) is 2.71. The normalized spacial score (nSPS) is 25.2. The van der Waals surface area contributed by atoms with Crippen molar-refractivity contribution in [3.8, 4) is 0 Å². The molecule has 0 aliphatic carbocycles. The summed E-state index contributed by atoms with van der Waals surface area (Å²) in [6.07, 6.45) is 4.86. The zero-order chi connectivity index (χ0) is 13.3. The van der Waals surface area contributed by atoms with Gasteiger partial charge < -0.3 is 9.88 Å². The Kier molecular flexibility index (Phi) is 3.55. The minimum absolute atomic E-state index is 0.0959. The van der Waals surface area contributed by atoms with Crippen molar-refractivity contribution in [3.05, 3.63) is 12.2 Å². The largest absolute Gasteiger partial charge is 0.315 e. The second-order valence-electron chi connectivity index (χ2n) is 5.20. The van der Waals surface area contributed by atoms with Gasteiger partial charge in [0.2, 0.25) is 10.0 Å². The first-order chi connectivity index (χ1) is 9.15. The van der Waals surface area contributed by atoms with Gasteiger partial charge >= 0.3 is 0 Å². The highest BCUT2D eigenvalue weighted by atomic mass is 32.2. The van der Waals surface area contributed by atoms with E-state index in [0.717, 1.165) is 31.6 Å². The number of hydrogen-bond donors (Lipinski definition) is 1. The van der Waals surface area contributed by atoms with Gasteiger partial charge in [-0.2, -0.15) is 4.31 Å². The van der Waals surface area contributed by atoms with Crippen LogP contribution in [-0.2, 0) is 23.1 Å². The SMILES string of the molecule is O=S(=O)(CC1CCCCN1)N1CCn2cnnc2C1. The van der Waals surface area contributed by atoms with Gasteiger partial charge in [0.05, 0.1) is 12.3 Å². The van der Waals surface area contributed by atoms with Crippen LogP contribution in [0.3, 0.4) is 0 Å². The molecule has 1 aromatic rings. The predicted octanol–water partition coefficient (Wildman–Crippen LogP) is -0.434. The van der Waals surface area contributed by atoms with Crippen molar-refractivity contribution in [2.75, 3.05) is 18.8 Å². The summed E-state index contributed by atoms with van der Waals surface area (Å²) in [4.78, 5) is 0. The Balaban J connectivity index is 1.67. The van der Waals surface area contributed by atoms with Gasteiger partial charge in [0, 0.05) is 19.1 Å². The molecule has 1 saturated heterocycles. The topological polar surface area (TPSA) is 80.1 Å². The summed E-state index contributed by atoms with van der Waals surface area (Å²) >= 11 is 0. The zero-order valence-electron chi connectivity index (χ0n) is 10.8. The van der Waals surface area contributed by atoms with Gasteiger partial charge in [-0.15, -0.1) is 10.2 Å². The van der Waals surface area contributed by atoms with E-state index in [1.807, 2.05) is 4.57 Å². The highest BCUT2D eigenvalue weighted by Gasteiger charge is 2.30. The van der Waals surface area contributed by atoms with Crippen molar-refractivity contribution in [3.63, 3.8) is 0 Å². The lowest BCUT2D eigenvalue weighted by Crippen LogP contribution is -2.46. The molecule has 0 amide bonds. The first-order valence-electron chi connectivity index (χ1n) is 6.73. The average Bonchev–Trinajstić information content (AvgIpc) is 2.86. The molecular weight excluding hydrogens is 266 g/mol. The number of rotatable bonds is 3. The monoisotopic (exact) mass is 285 g/mol. The molecule has 2 aliphatic rings. The molecule has 0 aromatic carbocycles. The molecule has 1 N–H and O–H groups in total. The van der Waals surface area contributed by atoms with E-state index in [9.17, 15) is 8.42 Å². The van der Waals surface area contributed by atoms with Gasteiger partial charge in [0.15, 0.2) is 0 Å². The van der Waals surface area contributed by atoms with Crippen molar-refractivity contribution < 1.29 is 8.42 Å². The molecule has 0 bridgehead atoms. The van der Waals surface area contributed by atoms with Gasteiger partial charge in [-0.05, 0) is 19.4 Å². The lowest BCUT2D eigenvalue weighted by molar-refractivity contribution is 0.329. The highest BCUT2D eigenvalue weighted by Crippen LogP contribution is 2.16. The molecule has 1 atom stereocenters. The quantitative estimate of drug-likeness (QED) is 0.815. The maximum atomic E-state index is 12.4. The third-order valence-corrected chi connectivity index (χ3v) is 5.74. The predicted molar refractivity (Wildman–Crippen MR) is 69.9 cm³/mol. The van der Waals surface area contributed by atoms with Gasteiger partial charge in [-0.3, -0.25) is 0 Å². The summed E-state index contributed by atoms with van der Waals surface area (Å²) in [5.74, 6) is 0.924. The van der Waals surface area contributed by atoms with E-state index in [1.54, 1.807) is 6.33 Å². The van der Waals surface area contributed by atoms with Crippen LogP contribution in [0.5, 0.6) is 0 Å². The van der Waals surface area contributed by atoms with E-state index < -0.39 is 10.0 Å². The molecule has 0 saturated carbocycles. The van der Waals surface area contributed by atoms with E-state index in [2.05, 4.69) is 15.5 Å². The number of nitrogens with one attached hydrogen (secondary N) is 1. The van der Waals surface area contributed by atoms with Crippen LogP contribution in [0.25, 0.3) is 0 Å². The van der Waals surface area contributed by atoms with Crippen molar-refractivity contribution in [1.29, 1.82) is 0 Å². The Morgan fingerprint density at radius 2 is 2.26 bits per heavy atom. The molecular formula is C11H19N5O2S. The van der Waals surface area contributed by atoms with Crippen molar-refractivity contribution >= 4 is 10.0 Å². The molecule has 8 heteroatoms. The van der Waals surface area contributed by atoms with Crippen molar-refractivity contribution in [2.24, 2.45) is 0 Å². The fourth-order valence-corrected chi connectivity index (χ4v) is 4.38. The van der Waals surface area contributed by atoms with Crippen LogP contribution in [0, 0.1) is 0 Å². The number of aromatic nitrogens is 3. The van der Waals surface area contributed by atoms with Crippen LogP contribution in [0.4, 0.5) is 0 Å². The van der Waals surface area contributed by atoms with E-state index in [4.69, 9.17) is 0 Å². The summed E-state index contributed by atoms with van der Waals surface area (Å²) in [7, 11) is -3.21. The van der Waals surface area contributed by atoms with E-state index >= 15 is 0 Å². The Morgan fingerprint density at radius 1 is 1.37 bits per heavy atom. The number of piperidine rings is 1. The maximum absolute atomic E-state index is 12.4. The molecule has 3 rings (SSSR count). The lowest BCUT2D eigenvalue weighted by atomic mass is 10.1. The van der Waals surface area contributed by atoms with Crippen LogP contribution in [0.15, 0.2) is 6.33 Å². The van der Waals surface area contributed by atoms with E-state index in [-0.39, 0.29) is 11.8 Å². The van der Waals surface area contributed by atoms with Crippen LogP contribution in [0.2, 0.25) is 0 Å². The lowest BCUT2D eigenvalue weighted by Gasteiger charge is -2.29. The molecule has 3 heterocycles. The van der Waals surface area contributed by atoms with E-state index in [1.165, 1.54) is 4.31 Å². The maximum Gasteiger partial charge on any atom is 0.216 e. The third kappa shape index (κ3) is 2.80. The third-order valence-electron chi connectivity index (χ3n) is 3.82. The average molecular weight is 285 g/mol. The number of nitrogens with zero attached hydrogens (tertiary/aromatic N) is 4. The van der Waals surface area contributed by atoms with Gasteiger partial charge in [0.25, 0.3) is 0 Å². The number of fused-ring (bicyclic) bond motifs is 1. The van der Waals surface area contributed by atoms with Crippen LogP contribution in [0.1, 0.15) is 25.1 Å². The fraction of sp³-hybridized carbons (Fsp3) is 0.818. The summed E-state index contributed by atoms with van der Waals surface area (Å²) in [5.41, 5.74) is 0. The molecule has 7 nitrogen and oxygen atoms in total. The number of hydrogen-bond acceptors (Lipinski definition) is 5. The summed E-state index contributed by atoms with van der Waals surface area (Å²) in [5, 5.41) is 11.1. The molecule has 0 spiro atoms. The van der Waals surface area contributed by atoms with Crippen molar-refractivity contribution in [2.45, 2.75) is 38.4 Å². The highest BCUT2D eigenvalue weighted by molar-refractivity contribution is 7.89. The van der Waals surface area contributed by atoms with Crippen molar-refractivity contribution in [1.82, 2.24) is 24.4 Å². The van der Waals surface area contributed by atoms with Crippen LogP contribution >= 0.6 is 0 Å². The Hall–Kier alpha value is -0.990. The summed E-state index contributed by atoms with van der Waals surface area (Å²) < 4.78 is 28.3. The molecule has 19 heavy (non-hydrogen) atoms. The molecule has 1 aromatic heterocycles. The van der Waals surface area contributed by atoms with Gasteiger partial charge in [-0.1, -0.05) is 6.42 Å². The van der Waals surface area contributed by atoms with Gasteiger partial charge in [-0.25, -0.2) is 8.42 Å². The zero-order valence-corrected chi connectivity index (χ0v) is 11.6. The Bertz CT molecular complexity index is 535. The standard InChI is InChI=1S/C11H19N5O2S/c17-19(18,8-10-3-1-2-4-12-10)16-6-5-15-9-13-14-11(15)7-16/h9-10,12H,1-8H2. The van der Waals surface area contributed by atoms with Gasteiger partial charge in [0.1, 0.15) is 12.2 Å². The Morgan fingerprint density at radius 3 is 3.05 bits per heavy atom. The molecule has 1 unspecified atom stereocenters. The number of sulfonamides is 1. The first kappa shape index (κ1) is 13.0. The summed E-state index contributed by atoms with van der Waals surface area (Å²) in [6, 6.07) is 0.0959. The Labute approximate surface area is 113 Å². The molecule has 106 valence electrons.